The summed E-state index contributed by atoms with van der Waals surface area (Å²) in [6.07, 6.45) is 3.25. The molecule has 20 heavy (non-hydrogen) atoms. The number of benzene rings is 1. The smallest absolute Gasteiger partial charge is 0.0929 e. The predicted molar refractivity (Wildman–Crippen MR) is 82.4 cm³/mol. The first kappa shape index (κ1) is 14.6. The molecule has 1 aliphatic heterocycles. The van der Waals surface area contributed by atoms with E-state index in [-0.39, 0.29) is 0 Å². The van der Waals surface area contributed by atoms with Crippen LogP contribution in [0.5, 0.6) is 0 Å². The molecule has 0 bridgehead atoms. The quantitative estimate of drug-likeness (QED) is 0.877. The van der Waals surface area contributed by atoms with E-state index in [9.17, 15) is 5.11 Å². The van der Waals surface area contributed by atoms with Crippen LogP contribution in [0.25, 0.3) is 0 Å². The van der Waals surface area contributed by atoms with Gasteiger partial charge in [0, 0.05) is 47.3 Å². The fourth-order valence-corrected chi connectivity index (χ4v) is 3.31. The molecule has 1 heterocycles. The molecule has 2 atom stereocenters. The van der Waals surface area contributed by atoms with E-state index in [0.29, 0.717) is 28.2 Å². The van der Waals surface area contributed by atoms with E-state index in [0.717, 1.165) is 19.0 Å². The Bertz CT molecular complexity index is 479. The maximum absolute atomic E-state index is 10.3. The van der Waals surface area contributed by atoms with Crippen LogP contribution >= 0.6 is 23.2 Å². The lowest BCUT2D eigenvalue weighted by Crippen LogP contribution is -2.35. The summed E-state index contributed by atoms with van der Waals surface area (Å²) in [4.78, 5) is 2.55. The molecule has 2 unspecified atom stereocenters. The van der Waals surface area contributed by atoms with E-state index >= 15 is 0 Å². The van der Waals surface area contributed by atoms with Crippen LogP contribution < -0.4 is 5.32 Å². The number of rotatable bonds is 5. The maximum Gasteiger partial charge on any atom is 0.0929 e. The highest BCUT2D eigenvalue weighted by Gasteiger charge is 2.34. The Kier molecular flexibility index (Phi) is 4.53. The van der Waals surface area contributed by atoms with Gasteiger partial charge in [-0.2, -0.15) is 0 Å². The van der Waals surface area contributed by atoms with Crippen LogP contribution in [-0.2, 0) is 0 Å². The molecule has 2 N–H and O–H groups in total. The normalized spacial score (nSPS) is 25.1. The van der Waals surface area contributed by atoms with Crippen molar-refractivity contribution in [1.82, 2.24) is 10.2 Å². The molecule has 1 aliphatic carbocycles. The van der Waals surface area contributed by atoms with E-state index in [4.69, 9.17) is 23.2 Å². The van der Waals surface area contributed by atoms with Crippen LogP contribution in [0.15, 0.2) is 18.2 Å². The highest BCUT2D eigenvalue weighted by molar-refractivity contribution is 6.33. The van der Waals surface area contributed by atoms with Gasteiger partial charge in [-0.15, -0.1) is 0 Å². The topological polar surface area (TPSA) is 35.5 Å². The highest BCUT2D eigenvalue weighted by atomic mass is 35.5. The zero-order valence-corrected chi connectivity index (χ0v) is 12.9. The largest absolute Gasteiger partial charge is 0.387 e. The van der Waals surface area contributed by atoms with E-state index < -0.39 is 6.10 Å². The molecular weight excluding hydrogens is 295 g/mol. The molecule has 1 aromatic carbocycles. The van der Waals surface area contributed by atoms with Crippen LogP contribution in [0.3, 0.4) is 0 Å². The SMILES string of the molecule is OC(CNC1CCN(C2CC2)C1)c1cc(Cl)ccc1Cl. The average Bonchev–Trinajstić information content (AvgIpc) is 3.18. The molecule has 3 nitrogen and oxygen atoms in total. The Morgan fingerprint density at radius 1 is 1.30 bits per heavy atom. The van der Waals surface area contributed by atoms with Gasteiger partial charge in [-0.3, -0.25) is 4.90 Å². The molecule has 2 fully saturated rings. The number of aliphatic hydroxyl groups excluding tert-OH is 1. The number of aliphatic hydroxyl groups is 1. The number of nitrogens with zero attached hydrogens (tertiary/aromatic N) is 1. The van der Waals surface area contributed by atoms with Gasteiger partial charge in [-0.1, -0.05) is 23.2 Å². The summed E-state index contributed by atoms with van der Waals surface area (Å²) >= 11 is 12.1. The molecule has 110 valence electrons. The van der Waals surface area contributed by atoms with Crippen molar-refractivity contribution in [1.29, 1.82) is 0 Å². The fraction of sp³-hybridized carbons (Fsp3) is 0.600. The summed E-state index contributed by atoms with van der Waals surface area (Å²) in [5.74, 6) is 0. The van der Waals surface area contributed by atoms with Crippen molar-refractivity contribution in [2.45, 2.75) is 37.5 Å². The molecule has 0 amide bonds. The molecule has 0 spiro atoms. The molecule has 0 radical (unpaired) electrons. The fourth-order valence-electron chi connectivity index (χ4n) is 2.88. The van der Waals surface area contributed by atoms with Crippen molar-refractivity contribution in [2.24, 2.45) is 0 Å². The lowest BCUT2D eigenvalue weighted by atomic mass is 10.1. The van der Waals surface area contributed by atoms with Crippen LogP contribution in [0, 0.1) is 0 Å². The summed E-state index contributed by atoms with van der Waals surface area (Å²) in [6.45, 7) is 2.79. The minimum absolute atomic E-state index is 0.475. The van der Waals surface area contributed by atoms with E-state index in [1.54, 1.807) is 18.2 Å². The molecule has 2 aliphatic rings. The third-order valence-corrected chi connectivity index (χ3v) is 4.78. The van der Waals surface area contributed by atoms with E-state index in [1.807, 2.05) is 0 Å². The first-order chi connectivity index (χ1) is 9.63. The van der Waals surface area contributed by atoms with Crippen molar-refractivity contribution >= 4 is 23.2 Å². The van der Waals surface area contributed by atoms with Gasteiger partial charge in [0.1, 0.15) is 0 Å². The standard InChI is InChI=1S/C15H20Cl2N2O/c16-10-1-4-14(17)13(7-10)15(20)8-18-11-5-6-19(9-11)12-2-3-12/h1,4,7,11-12,15,18,20H,2-3,5-6,8-9H2. The Balaban J connectivity index is 1.51. The number of nitrogens with one attached hydrogen (secondary N) is 1. The first-order valence-electron chi connectivity index (χ1n) is 7.24. The number of hydrogen-bond acceptors (Lipinski definition) is 3. The van der Waals surface area contributed by atoms with Gasteiger partial charge in [0.15, 0.2) is 0 Å². The third kappa shape index (κ3) is 3.46. The van der Waals surface area contributed by atoms with E-state index in [1.165, 1.54) is 19.4 Å². The van der Waals surface area contributed by atoms with Crippen LogP contribution in [-0.4, -0.2) is 41.7 Å². The second-order valence-electron chi connectivity index (χ2n) is 5.80. The molecule has 1 aromatic rings. The summed E-state index contributed by atoms with van der Waals surface area (Å²) in [5, 5.41) is 14.9. The maximum atomic E-state index is 10.3. The Morgan fingerprint density at radius 2 is 2.10 bits per heavy atom. The van der Waals surface area contributed by atoms with Gasteiger partial charge in [-0.05, 0) is 37.5 Å². The minimum Gasteiger partial charge on any atom is -0.387 e. The van der Waals surface area contributed by atoms with Crippen molar-refractivity contribution < 1.29 is 5.11 Å². The highest BCUT2D eigenvalue weighted by Crippen LogP contribution is 2.30. The molecule has 3 rings (SSSR count). The Labute approximate surface area is 129 Å². The minimum atomic E-state index is -0.615. The monoisotopic (exact) mass is 314 g/mol. The molecule has 0 aromatic heterocycles. The van der Waals surface area contributed by atoms with Crippen molar-refractivity contribution in [2.75, 3.05) is 19.6 Å². The van der Waals surface area contributed by atoms with Gasteiger partial charge < -0.3 is 10.4 Å². The van der Waals surface area contributed by atoms with Crippen molar-refractivity contribution in [3.05, 3.63) is 33.8 Å². The van der Waals surface area contributed by atoms with Crippen LogP contribution in [0.1, 0.15) is 30.9 Å². The zero-order valence-electron chi connectivity index (χ0n) is 11.4. The number of hydrogen-bond donors (Lipinski definition) is 2. The van der Waals surface area contributed by atoms with Gasteiger partial charge in [0.05, 0.1) is 6.10 Å². The zero-order chi connectivity index (χ0) is 14.1. The summed E-state index contributed by atoms with van der Waals surface area (Å²) in [6, 6.07) is 6.50. The van der Waals surface area contributed by atoms with Gasteiger partial charge in [-0.25, -0.2) is 0 Å². The van der Waals surface area contributed by atoms with Crippen LogP contribution in [0.2, 0.25) is 10.0 Å². The van der Waals surface area contributed by atoms with Gasteiger partial charge >= 0.3 is 0 Å². The molecular formula is C15H20Cl2N2O. The third-order valence-electron chi connectivity index (χ3n) is 4.20. The number of halogens is 2. The van der Waals surface area contributed by atoms with E-state index in [2.05, 4.69) is 10.2 Å². The molecule has 1 saturated carbocycles. The molecule has 1 saturated heterocycles. The van der Waals surface area contributed by atoms with Crippen molar-refractivity contribution in [3.8, 4) is 0 Å². The van der Waals surface area contributed by atoms with Crippen LogP contribution in [0.4, 0.5) is 0 Å². The molecule has 5 heteroatoms. The van der Waals surface area contributed by atoms with Gasteiger partial charge in [0.2, 0.25) is 0 Å². The summed E-state index contributed by atoms with van der Waals surface area (Å²) in [7, 11) is 0. The Morgan fingerprint density at radius 3 is 2.85 bits per heavy atom. The lowest BCUT2D eigenvalue weighted by Gasteiger charge is -2.19. The summed E-state index contributed by atoms with van der Waals surface area (Å²) < 4.78 is 0. The second-order valence-corrected chi connectivity index (χ2v) is 6.65. The lowest BCUT2D eigenvalue weighted by molar-refractivity contribution is 0.169. The summed E-state index contributed by atoms with van der Waals surface area (Å²) in [5.41, 5.74) is 0.698. The predicted octanol–water partition coefficient (Wildman–Crippen LogP) is 2.85. The Hall–Kier alpha value is -0.320. The first-order valence-corrected chi connectivity index (χ1v) is 7.99. The van der Waals surface area contributed by atoms with Crippen molar-refractivity contribution in [3.63, 3.8) is 0 Å². The second kappa shape index (κ2) is 6.20. The van der Waals surface area contributed by atoms with Gasteiger partial charge in [0.25, 0.3) is 0 Å². The number of likely N-dealkylation sites (tertiary alicyclic amines) is 1. The average molecular weight is 315 g/mol.